The Bertz CT molecular complexity index is 560. The molecule has 2 aliphatic rings. The van der Waals surface area contributed by atoms with Gasteiger partial charge in [0.1, 0.15) is 0 Å². The topological polar surface area (TPSA) is 75.1 Å². The van der Waals surface area contributed by atoms with Crippen LogP contribution in [0.5, 0.6) is 11.5 Å². The first-order valence-electron chi connectivity index (χ1n) is 8.36. The highest BCUT2D eigenvalue weighted by Crippen LogP contribution is 2.32. The molecule has 0 unspecified atom stereocenters. The van der Waals surface area contributed by atoms with E-state index in [0.717, 1.165) is 55.3 Å². The summed E-state index contributed by atoms with van der Waals surface area (Å²) >= 11 is 0. The Morgan fingerprint density at radius 2 is 1.96 bits per heavy atom. The van der Waals surface area contributed by atoms with Gasteiger partial charge < -0.3 is 25.2 Å². The number of ether oxygens (including phenoxy) is 2. The van der Waals surface area contributed by atoms with Crippen LogP contribution in [-0.4, -0.2) is 36.5 Å². The Kier molecular flexibility index (Phi) is 7.41. The Labute approximate surface area is 160 Å². The van der Waals surface area contributed by atoms with Gasteiger partial charge in [0.2, 0.25) is 6.79 Å². The zero-order valence-electron chi connectivity index (χ0n) is 14.0. The normalized spacial score (nSPS) is 22.7. The highest BCUT2D eigenvalue weighted by Gasteiger charge is 2.20. The van der Waals surface area contributed by atoms with Crippen molar-refractivity contribution in [1.82, 2.24) is 10.6 Å². The zero-order chi connectivity index (χ0) is 16.1. The molecule has 1 aromatic carbocycles. The number of hydrogen-bond donors (Lipinski definition) is 3. The first-order valence-corrected chi connectivity index (χ1v) is 8.36. The third-order valence-electron chi connectivity index (χ3n) is 4.24. The van der Waals surface area contributed by atoms with Gasteiger partial charge in [-0.15, -0.1) is 24.0 Å². The van der Waals surface area contributed by atoms with Crippen LogP contribution in [0.2, 0.25) is 0 Å². The SMILES string of the molecule is CCNC(=NCc1ccc2c(c1)OCO2)NC1CCC(O)CC1.I. The maximum Gasteiger partial charge on any atom is 0.231 e. The Morgan fingerprint density at radius 1 is 1.21 bits per heavy atom. The van der Waals surface area contributed by atoms with Crippen molar-refractivity contribution >= 4 is 29.9 Å². The largest absolute Gasteiger partial charge is 0.454 e. The van der Waals surface area contributed by atoms with E-state index in [2.05, 4.69) is 22.5 Å². The van der Waals surface area contributed by atoms with E-state index >= 15 is 0 Å². The lowest BCUT2D eigenvalue weighted by Gasteiger charge is -2.27. The summed E-state index contributed by atoms with van der Waals surface area (Å²) < 4.78 is 10.7. The predicted octanol–water partition coefficient (Wildman–Crippen LogP) is 2.39. The lowest BCUT2D eigenvalue weighted by molar-refractivity contribution is 0.120. The lowest BCUT2D eigenvalue weighted by atomic mass is 9.93. The highest BCUT2D eigenvalue weighted by molar-refractivity contribution is 14.0. The molecule has 3 rings (SSSR count). The van der Waals surface area contributed by atoms with E-state index in [1.165, 1.54) is 0 Å². The maximum atomic E-state index is 9.60. The molecular weight excluding hydrogens is 421 g/mol. The summed E-state index contributed by atoms with van der Waals surface area (Å²) in [4.78, 5) is 4.66. The van der Waals surface area contributed by atoms with Gasteiger partial charge in [-0.05, 0) is 50.3 Å². The van der Waals surface area contributed by atoms with Crippen molar-refractivity contribution in [3.63, 3.8) is 0 Å². The molecule has 0 radical (unpaired) electrons. The van der Waals surface area contributed by atoms with Gasteiger partial charge in [0.25, 0.3) is 0 Å². The van der Waals surface area contributed by atoms with Crippen molar-refractivity contribution in [2.75, 3.05) is 13.3 Å². The van der Waals surface area contributed by atoms with Crippen LogP contribution in [0, 0.1) is 0 Å². The standard InChI is InChI=1S/C17H25N3O3.HI/c1-2-18-17(20-13-4-6-14(21)7-5-13)19-10-12-3-8-15-16(9-12)23-11-22-15;/h3,8-9,13-14,21H,2,4-7,10-11H2,1H3,(H2,18,19,20);1H. The third kappa shape index (κ3) is 5.14. The molecule has 24 heavy (non-hydrogen) atoms. The number of benzene rings is 1. The fourth-order valence-electron chi connectivity index (χ4n) is 2.94. The van der Waals surface area contributed by atoms with Gasteiger partial charge in [0.05, 0.1) is 12.6 Å². The van der Waals surface area contributed by atoms with Crippen molar-refractivity contribution in [2.24, 2.45) is 4.99 Å². The summed E-state index contributed by atoms with van der Waals surface area (Å²) in [6.45, 7) is 3.76. The molecule has 134 valence electrons. The highest BCUT2D eigenvalue weighted by atomic mass is 127. The van der Waals surface area contributed by atoms with E-state index in [1.54, 1.807) is 0 Å². The van der Waals surface area contributed by atoms with Gasteiger partial charge in [-0.2, -0.15) is 0 Å². The van der Waals surface area contributed by atoms with Crippen LogP contribution in [0.15, 0.2) is 23.2 Å². The van der Waals surface area contributed by atoms with E-state index in [1.807, 2.05) is 18.2 Å². The summed E-state index contributed by atoms with van der Waals surface area (Å²) in [5.41, 5.74) is 1.09. The molecule has 1 aromatic rings. The molecule has 0 bridgehead atoms. The molecule has 0 spiro atoms. The first kappa shape index (κ1) is 19.1. The minimum Gasteiger partial charge on any atom is -0.454 e. The van der Waals surface area contributed by atoms with Gasteiger partial charge in [-0.25, -0.2) is 4.99 Å². The minimum atomic E-state index is -0.138. The summed E-state index contributed by atoms with van der Waals surface area (Å²) in [6, 6.07) is 6.30. The Morgan fingerprint density at radius 3 is 2.71 bits per heavy atom. The summed E-state index contributed by atoms with van der Waals surface area (Å²) in [5, 5.41) is 16.4. The van der Waals surface area contributed by atoms with Gasteiger partial charge in [-0.3, -0.25) is 0 Å². The number of rotatable bonds is 4. The molecule has 0 atom stereocenters. The first-order chi connectivity index (χ1) is 11.2. The van der Waals surface area contributed by atoms with E-state index in [4.69, 9.17) is 9.47 Å². The summed E-state index contributed by atoms with van der Waals surface area (Å²) in [6.07, 6.45) is 3.55. The minimum absolute atomic E-state index is 0. The van der Waals surface area contributed by atoms with Crippen LogP contribution in [0.4, 0.5) is 0 Å². The van der Waals surface area contributed by atoms with Gasteiger partial charge in [-0.1, -0.05) is 6.07 Å². The summed E-state index contributed by atoms with van der Waals surface area (Å²) in [5.74, 6) is 2.41. The molecule has 1 heterocycles. The van der Waals surface area contributed by atoms with Crippen LogP contribution in [0.1, 0.15) is 38.2 Å². The molecule has 0 aromatic heterocycles. The quantitative estimate of drug-likeness (QED) is 0.376. The third-order valence-corrected chi connectivity index (χ3v) is 4.24. The van der Waals surface area contributed by atoms with Crippen molar-refractivity contribution in [2.45, 2.75) is 51.3 Å². The van der Waals surface area contributed by atoms with Crippen molar-refractivity contribution in [3.05, 3.63) is 23.8 Å². The second-order valence-corrected chi connectivity index (χ2v) is 6.03. The number of fused-ring (bicyclic) bond motifs is 1. The average Bonchev–Trinajstić information content (AvgIpc) is 3.02. The van der Waals surface area contributed by atoms with Crippen LogP contribution < -0.4 is 20.1 Å². The zero-order valence-corrected chi connectivity index (χ0v) is 16.3. The van der Waals surface area contributed by atoms with Gasteiger partial charge in [0, 0.05) is 12.6 Å². The molecule has 0 amide bonds. The Balaban J connectivity index is 0.00000208. The molecule has 1 fully saturated rings. The monoisotopic (exact) mass is 447 g/mol. The van der Waals surface area contributed by atoms with E-state index < -0.39 is 0 Å². The average molecular weight is 447 g/mol. The Hall–Kier alpha value is -1.22. The molecule has 1 aliphatic heterocycles. The summed E-state index contributed by atoms with van der Waals surface area (Å²) in [7, 11) is 0. The fraction of sp³-hybridized carbons (Fsp3) is 0.588. The molecule has 6 nitrogen and oxygen atoms in total. The van der Waals surface area contributed by atoms with Crippen molar-refractivity contribution < 1.29 is 14.6 Å². The maximum absolute atomic E-state index is 9.60. The molecule has 1 aliphatic carbocycles. The van der Waals surface area contributed by atoms with E-state index in [9.17, 15) is 5.11 Å². The van der Waals surface area contributed by atoms with Crippen LogP contribution in [0.3, 0.4) is 0 Å². The fourth-order valence-corrected chi connectivity index (χ4v) is 2.94. The number of hydrogen-bond acceptors (Lipinski definition) is 4. The van der Waals surface area contributed by atoms with Gasteiger partial charge in [0.15, 0.2) is 17.5 Å². The van der Waals surface area contributed by atoms with E-state index in [0.29, 0.717) is 19.4 Å². The number of aliphatic imine (C=N–C) groups is 1. The number of halogens is 1. The molecule has 0 saturated heterocycles. The predicted molar refractivity (Wildman–Crippen MR) is 104 cm³/mol. The number of nitrogens with one attached hydrogen (secondary N) is 2. The van der Waals surface area contributed by atoms with Crippen LogP contribution in [0.25, 0.3) is 0 Å². The molecular formula is C17H26IN3O3. The van der Waals surface area contributed by atoms with E-state index in [-0.39, 0.29) is 30.1 Å². The van der Waals surface area contributed by atoms with Crippen LogP contribution in [-0.2, 0) is 6.54 Å². The number of aliphatic hydroxyl groups is 1. The lowest BCUT2D eigenvalue weighted by Crippen LogP contribution is -2.45. The molecule has 3 N–H and O–H groups in total. The smallest absolute Gasteiger partial charge is 0.231 e. The second-order valence-electron chi connectivity index (χ2n) is 6.03. The second kappa shape index (κ2) is 9.31. The van der Waals surface area contributed by atoms with Crippen molar-refractivity contribution in [1.29, 1.82) is 0 Å². The van der Waals surface area contributed by atoms with Crippen molar-refractivity contribution in [3.8, 4) is 11.5 Å². The number of guanidine groups is 1. The molecule has 1 saturated carbocycles. The van der Waals surface area contributed by atoms with Gasteiger partial charge >= 0.3 is 0 Å². The molecule has 7 heteroatoms. The van der Waals surface area contributed by atoms with Crippen LogP contribution >= 0.6 is 24.0 Å². The number of aliphatic hydroxyl groups excluding tert-OH is 1. The number of nitrogens with zero attached hydrogens (tertiary/aromatic N) is 1.